The third-order valence-corrected chi connectivity index (χ3v) is 3.95. The first-order valence-electron chi connectivity index (χ1n) is 7.30. The number of carbonyl (C=O) groups is 1. The smallest absolute Gasteiger partial charge is 0.351 e. The molecule has 0 saturated heterocycles. The van der Waals surface area contributed by atoms with Crippen molar-refractivity contribution < 1.29 is 13.6 Å². The number of hydrogen-bond acceptors (Lipinski definition) is 2. The molecular formula is C17H14ClF2N3O. The van der Waals surface area contributed by atoms with Crippen LogP contribution >= 0.6 is 11.6 Å². The molecule has 0 unspecified atom stereocenters. The van der Waals surface area contributed by atoms with E-state index in [4.69, 9.17) is 11.6 Å². The molecule has 0 spiro atoms. The van der Waals surface area contributed by atoms with E-state index >= 15 is 0 Å². The Balaban J connectivity index is 1.64. The van der Waals surface area contributed by atoms with Gasteiger partial charge in [-0.05, 0) is 36.2 Å². The first kappa shape index (κ1) is 16.4. The lowest BCUT2D eigenvalue weighted by Gasteiger charge is -2.15. The zero-order chi connectivity index (χ0) is 17.2. The Morgan fingerprint density at radius 3 is 2.92 bits per heavy atom. The SMILES string of the molecule is O=C(NCCc1c[nH]c2cc(Cl)ccc12)C(F)(F)c1cccnc1. The second-order valence-electron chi connectivity index (χ2n) is 5.33. The van der Waals surface area contributed by atoms with Crippen LogP contribution in [0.3, 0.4) is 0 Å². The number of hydrogen-bond donors (Lipinski definition) is 2. The van der Waals surface area contributed by atoms with Crippen molar-refractivity contribution in [1.29, 1.82) is 0 Å². The Kier molecular flexibility index (Phi) is 4.49. The highest BCUT2D eigenvalue weighted by Gasteiger charge is 2.40. The molecule has 0 radical (unpaired) electrons. The zero-order valence-corrected chi connectivity index (χ0v) is 13.3. The lowest BCUT2D eigenvalue weighted by Crippen LogP contribution is -2.39. The highest BCUT2D eigenvalue weighted by atomic mass is 35.5. The van der Waals surface area contributed by atoms with Crippen molar-refractivity contribution in [2.45, 2.75) is 12.3 Å². The topological polar surface area (TPSA) is 57.8 Å². The first-order chi connectivity index (χ1) is 11.5. The van der Waals surface area contributed by atoms with E-state index in [1.54, 1.807) is 18.3 Å². The van der Waals surface area contributed by atoms with Gasteiger partial charge in [-0.2, -0.15) is 8.78 Å². The van der Waals surface area contributed by atoms with Crippen molar-refractivity contribution in [2.75, 3.05) is 6.54 Å². The molecule has 2 heterocycles. The van der Waals surface area contributed by atoms with Gasteiger partial charge in [-0.3, -0.25) is 9.78 Å². The minimum atomic E-state index is -3.61. The van der Waals surface area contributed by atoms with Gasteiger partial charge in [0.25, 0.3) is 5.91 Å². The molecule has 0 atom stereocenters. The Hall–Kier alpha value is -2.47. The van der Waals surface area contributed by atoms with Gasteiger partial charge >= 0.3 is 5.92 Å². The summed E-state index contributed by atoms with van der Waals surface area (Å²) in [7, 11) is 0. The summed E-state index contributed by atoms with van der Waals surface area (Å²) in [5, 5.41) is 3.84. The molecule has 1 amide bonds. The highest BCUT2D eigenvalue weighted by molar-refractivity contribution is 6.31. The van der Waals surface area contributed by atoms with Crippen LogP contribution in [0.4, 0.5) is 8.78 Å². The lowest BCUT2D eigenvalue weighted by molar-refractivity contribution is -0.147. The Morgan fingerprint density at radius 2 is 2.17 bits per heavy atom. The van der Waals surface area contributed by atoms with E-state index in [1.807, 2.05) is 6.07 Å². The van der Waals surface area contributed by atoms with Crippen molar-refractivity contribution in [3.05, 3.63) is 65.1 Å². The number of benzene rings is 1. The van der Waals surface area contributed by atoms with Crippen LogP contribution in [0.1, 0.15) is 11.1 Å². The molecule has 7 heteroatoms. The summed E-state index contributed by atoms with van der Waals surface area (Å²) in [6.45, 7) is 0.101. The van der Waals surface area contributed by atoms with Gasteiger partial charge < -0.3 is 10.3 Å². The number of H-pyrrole nitrogens is 1. The quantitative estimate of drug-likeness (QED) is 0.738. The number of pyridine rings is 1. The van der Waals surface area contributed by atoms with Crippen LogP contribution < -0.4 is 5.32 Å². The van der Waals surface area contributed by atoms with Crippen molar-refractivity contribution in [2.24, 2.45) is 0 Å². The molecule has 0 aliphatic carbocycles. The third-order valence-electron chi connectivity index (χ3n) is 3.72. The summed E-state index contributed by atoms with van der Waals surface area (Å²) < 4.78 is 28.1. The van der Waals surface area contributed by atoms with Gasteiger partial charge in [0, 0.05) is 46.6 Å². The largest absolute Gasteiger partial charge is 0.361 e. The number of rotatable bonds is 5. The Bertz CT molecular complexity index is 865. The van der Waals surface area contributed by atoms with Crippen LogP contribution in [0.5, 0.6) is 0 Å². The summed E-state index contributed by atoms with van der Waals surface area (Å²) in [5.41, 5.74) is 1.36. The molecule has 0 fully saturated rings. The van der Waals surface area contributed by atoms with E-state index in [-0.39, 0.29) is 6.54 Å². The maximum Gasteiger partial charge on any atom is 0.351 e. The van der Waals surface area contributed by atoms with Gasteiger partial charge in [0.2, 0.25) is 0 Å². The molecule has 2 aromatic heterocycles. The number of aromatic nitrogens is 2. The number of nitrogens with one attached hydrogen (secondary N) is 2. The number of aromatic amines is 1. The van der Waals surface area contributed by atoms with Crippen molar-refractivity contribution in [3.63, 3.8) is 0 Å². The van der Waals surface area contributed by atoms with Crippen LogP contribution in [0.15, 0.2) is 48.9 Å². The highest BCUT2D eigenvalue weighted by Crippen LogP contribution is 2.27. The van der Waals surface area contributed by atoms with Crippen molar-refractivity contribution in [1.82, 2.24) is 15.3 Å². The van der Waals surface area contributed by atoms with Crippen LogP contribution in [-0.4, -0.2) is 22.4 Å². The number of carbonyl (C=O) groups excluding carboxylic acids is 1. The summed E-state index contributed by atoms with van der Waals surface area (Å²) in [5.74, 6) is -4.94. The standard InChI is InChI=1S/C17H14ClF2N3O/c18-13-3-4-14-11(9-23-15(14)8-13)5-7-22-16(24)17(19,20)12-2-1-6-21-10-12/h1-4,6,8-10,23H,5,7H2,(H,22,24). The zero-order valence-electron chi connectivity index (χ0n) is 12.5. The maximum atomic E-state index is 14.0. The molecule has 1 aromatic carbocycles. The van der Waals surface area contributed by atoms with Crippen LogP contribution in [-0.2, 0) is 17.1 Å². The van der Waals surface area contributed by atoms with E-state index in [0.29, 0.717) is 11.4 Å². The molecule has 124 valence electrons. The predicted molar refractivity (Wildman–Crippen MR) is 88.2 cm³/mol. The molecule has 4 nitrogen and oxygen atoms in total. The molecule has 0 aliphatic rings. The number of halogens is 3. The fourth-order valence-corrected chi connectivity index (χ4v) is 2.64. The molecule has 3 aromatic rings. The van der Waals surface area contributed by atoms with E-state index in [0.717, 1.165) is 22.7 Å². The number of nitrogens with zero attached hydrogens (tertiary/aromatic N) is 1. The van der Waals surface area contributed by atoms with Crippen LogP contribution in [0.25, 0.3) is 10.9 Å². The summed E-state index contributed by atoms with van der Waals surface area (Å²) in [6, 6.07) is 7.95. The molecule has 2 N–H and O–H groups in total. The molecule has 3 rings (SSSR count). The summed E-state index contributed by atoms with van der Waals surface area (Å²) in [4.78, 5) is 18.5. The van der Waals surface area contributed by atoms with E-state index in [2.05, 4.69) is 15.3 Å². The molecule has 24 heavy (non-hydrogen) atoms. The summed E-state index contributed by atoms with van der Waals surface area (Å²) in [6.07, 6.45) is 4.58. The minimum Gasteiger partial charge on any atom is -0.361 e. The van der Waals surface area contributed by atoms with Crippen molar-refractivity contribution >= 4 is 28.4 Å². The van der Waals surface area contributed by atoms with E-state index in [9.17, 15) is 13.6 Å². The van der Waals surface area contributed by atoms with Crippen LogP contribution in [0, 0.1) is 0 Å². The van der Waals surface area contributed by atoms with Gasteiger partial charge in [-0.25, -0.2) is 0 Å². The van der Waals surface area contributed by atoms with Gasteiger partial charge in [0.1, 0.15) is 0 Å². The number of amides is 1. The van der Waals surface area contributed by atoms with Gasteiger partial charge in [-0.15, -0.1) is 0 Å². The minimum absolute atomic E-state index is 0.101. The van der Waals surface area contributed by atoms with E-state index in [1.165, 1.54) is 18.3 Å². The normalized spacial score (nSPS) is 11.6. The number of alkyl halides is 2. The average Bonchev–Trinajstić information content (AvgIpc) is 2.97. The lowest BCUT2D eigenvalue weighted by atomic mass is 10.1. The fourth-order valence-electron chi connectivity index (χ4n) is 2.47. The second-order valence-corrected chi connectivity index (χ2v) is 5.76. The average molecular weight is 350 g/mol. The third kappa shape index (κ3) is 3.23. The molecule has 0 bridgehead atoms. The van der Waals surface area contributed by atoms with Crippen molar-refractivity contribution in [3.8, 4) is 0 Å². The Morgan fingerprint density at radius 1 is 1.33 bits per heavy atom. The molecular weight excluding hydrogens is 336 g/mol. The predicted octanol–water partition coefficient (Wildman–Crippen LogP) is 3.67. The maximum absolute atomic E-state index is 14.0. The van der Waals surface area contributed by atoms with Gasteiger partial charge in [0.15, 0.2) is 0 Å². The first-order valence-corrected chi connectivity index (χ1v) is 7.68. The molecule has 0 saturated carbocycles. The van der Waals surface area contributed by atoms with Gasteiger partial charge in [-0.1, -0.05) is 17.7 Å². The van der Waals surface area contributed by atoms with Crippen LogP contribution in [0.2, 0.25) is 5.02 Å². The monoisotopic (exact) mass is 349 g/mol. The summed E-state index contributed by atoms with van der Waals surface area (Å²) >= 11 is 5.92. The second kappa shape index (κ2) is 6.57. The Labute approximate surface area is 141 Å². The number of fused-ring (bicyclic) bond motifs is 1. The van der Waals surface area contributed by atoms with E-state index < -0.39 is 17.4 Å². The van der Waals surface area contributed by atoms with Gasteiger partial charge in [0.05, 0.1) is 0 Å². The molecule has 0 aliphatic heterocycles. The fraction of sp³-hybridized carbons (Fsp3) is 0.176.